The third kappa shape index (κ3) is 2.74. The zero-order valence-electron chi connectivity index (χ0n) is 13.3. The van der Waals surface area contributed by atoms with Gasteiger partial charge in [0.1, 0.15) is 5.84 Å². The Bertz CT molecular complexity index is 580. The van der Waals surface area contributed by atoms with Gasteiger partial charge >= 0.3 is 0 Å². The summed E-state index contributed by atoms with van der Waals surface area (Å²) in [5.41, 5.74) is 2.47. The lowest BCUT2D eigenvalue weighted by atomic mass is 9.79. The van der Waals surface area contributed by atoms with E-state index in [9.17, 15) is 4.79 Å². The van der Waals surface area contributed by atoms with Gasteiger partial charge in [-0.25, -0.2) is 0 Å². The number of nitrogens with one attached hydrogen (secondary N) is 1. The van der Waals surface area contributed by atoms with E-state index in [1.807, 2.05) is 12.1 Å². The van der Waals surface area contributed by atoms with Crippen molar-refractivity contribution in [2.24, 2.45) is 22.2 Å². The zero-order valence-corrected chi connectivity index (χ0v) is 13.3. The molecule has 0 aromatic heterocycles. The van der Waals surface area contributed by atoms with Crippen LogP contribution in [0.2, 0.25) is 0 Å². The summed E-state index contributed by atoms with van der Waals surface area (Å²) in [4.78, 5) is 17.2. The fraction of sp³-hybridized carbons (Fsp3) is 0.556. The summed E-state index contributed by atoms with van der Waals surface area (Å²) in [6, 6.07) is 8.33. The van der Waals surface area contributed by atoms with Gasteiger partial charge in [0.05, 0.1) is 12.0 Å². The van der Waals surface area contributed by atoms with Gasteiger partial charge in [0.2, 0.25) is 5.91 Å². The van der Waals surface area contributed by atoms with E-state index >= 15 is 0 Å². The maximum absolute atomic E-state index is 12.4. The van der Waals surface area contributed by atoms with E-state index in [0.717, 1.165) is 24.2 Å². The molecule has 1 amide bonds. The van der Waals surface area contributed by atoms with Crippen LogP contribution >= 0.6 is 0 Å². The van der Waals surface area contributed by atoms with Crippen molar-refractivity contribution >= 4 is 11.7 Å². The van der Waals surface area contributed by atoms with Gasteiger partial charge in [-0.05, 0) is 31.1 Å². The lowest BCUT2D eigenvalue weighted by Gasteiger charge is -2.26. The molecule has 0 radical (unpaired) electrons. The Morgan fingerprint density at radius 3 is 2.43 bits per heavy atom. The number of carbonyl (C=O) groups is 1. The van der Waals surface area contributed by atoms with E-state index in [4.69, 9.17) is 4.99 Å². The number of aryl methyl sites for hydroxylation is 1. The molecular formula is C18H24N2O. The van der Waals surface area contributed by atoms with Crippen LogP contribution < -0.4 is 5.32 Å². The summed E-state index contributed by atoms with van der Waals surface area (Å²) in [6.07, 6.45) is 1.99. The first-order valence-corrected chi connectivity index (χ1v) is 7.80. The fourth-order valence-electron chi connectivity index (χ4n) is 3.41. The van der Waals surface area contributed by atoms with Crippen molar-refractivity contribution in [3.63, 3.8) is 0 Å². The molecule has 1 aromatic carbocycles. The Morgan fingerprint density at radius 2 is 1.81 bits per heavy atom. The van der Waals surface area contributed by atoms with E-state index in [1.54, 1.807) is 0 Å². The molecule has 0 unspecified atom stereocenters. The minimum absolute atomic E-state index is 0.0587. The number of carbonyl (C=O) groups excluding carboxylic acids is 1. The summed E-state index contributed by atoms with van der Waals surface area (Å²) in [5.74, 6) is 1.52. The smallest absolute Gasteiger partial charge is 0.230 e. The zero-order chi connectivity index (χ0) is 15.2. The first-order valence-electron chi connectivity index (χ1n) is 7.80. The number of hydrogen-bond acceptors (Lipinski definition) is 2. The second-order valence-corrected chi connectivity index (χ2v) is 7.54. The molecule has 1 aromatic rings. The first kappa shape index (κ1) is 14.3. The number of amides is 1. The molecule has 3 heteroatoms. The van der Waals surface area contributed by atoms with Crippen molar-refractivity contribution in [1.29, 1.82) is 0 Å². The topological polar surface area (TPSA) is 41.5 Å². The van der Waals surface area contributed by atoms with Crippen LogP contribution in [0.25, 0.3) is 0 Å². The monoisotopic (exact) mass is 284 g/mol. The average molecular weight is 284 g/mol. The molecule has 0 saturated heterocycles. The quantitative estimate of drug-likeness (QED) is 0.844. The molecule has 112 valence electrons. The van der Waals surface area contributed by atoms with Crippen LogP contribution in [-0.4, -0.2) is 17.8 Å². The minimum Gasteiger partial charge on any atom is -0.310 e. The molecule has 0 spiro atoms. The Labute approximate surface area is 126 Å². The van der Waals surface area contributed by atoms with Gasteiger partial charge in [-0.2, -0.15) is 0 Å². The van der Waals surface area contributed by atoms with Gasteiger partial charge in [0.25, 0.3) is 0 Å². The SMILES string of the molecule is Cc1ccc(C2=N[C@H]3C[C@H](C(C)(C)C)C[C@H]3C(=O)N2)cc1. The Hall–Kier alpha value is -1.64. The van der Waals surface area contributed by atoms with Crippen LogP contribution in [-0.2, 0) is 4.79 Å². The van der Waals surface area contributed by atoms with Crippen molar-refractivity contribution in [2.75, 3.05) is 0 Å². The standard InChI is InChI=1S/C18H24N2O/c1-11-5-7-12(8-6-11)16-19-15-10-13(18(2,3)4)9-14(15)17(21)20-16/h5-8,13-15H,9-10H2,1-4H3,(H,19,20,21)/t13-,14-,15+/m1/s1. The third-order valence-electron chi connectivity index (χ3n) is 4.95. The number of aliphatic imine (C=N–C) groups is 1. The third-order valence-corrected chi connectivity index (χ3v) is 4.95. The fourth-order valence-corrected chi connectivity index (χ4v) is 3.41. The van der Waals surface area contributed by atoms with Crippen LogP contribution in [0.1, 0.15) is 44.7 Å². The van der Waals surface area contributed by atoms with Crippen molar-refractivity contribution < 1.29 is 4.79 Å². The van der Waals surface area contributed by atoms with E-state index in [2.05, 4.69) is 45.1 Å². The van der Waals surface area contributed by atoms with Crippen molar-refractivity contribution in [1.82, 2.24) is 5.32 Å². The largest absolute Gasteiger partial charge is 0.310 e. The number of amidine groups is 1. The highest BCUT2D eigenvalue weighted by Gasteiger charge is 2.45. The number of nitrogens with zero attached hydrogens (tertiary/aromatic N) is 1. The van der Waals surface area contributed by atoms with Crippen LogP contribution in [0, 0.1) is 24.2 Å². The molecule has 3 atom stereocenters. The molecule has 1 heterocycles. The average Bonchev–Trinajstić information content (AvgIpc) is 2.84. The summed E-state index contributed by atoms with van der Waals surface area (Å²) in [5, 5.41) is 3.01. The lowest BCUT2D eigenvalue weighted by molar-refractivity contribution is -0.124. The van der Waals surface area contributed by atoms with Crippen LogP contribution in [0.15, 0.2) is 29.3 Å². The highest BCUT2D eigenvalue weighted by atomic mass is 16.2. The summed E-state index contributed by atoms with van der Waals surface area (Å²) in [6.45, 7) is 8.85. The van der Waals surface area contributed by atoms with Gasteiger partial charge in [-0.3, -0.25) is 9.79 Å². The Kier molecular flexibility index (Phi) is 3.39. The van der Waals surface area contributed by atoms with Crippen molar-refractivity contribution in [3.8, 4) is 0 Å². The molecule has 1 fully saturated rings. The Morgan fingerprint density at radius 1 is 1.14 bits per heavy atom. The Balaban J connectivity index is 1.87. The molecule has 1 aliphatic carbocycles. The molecule has 2 aliphatic rings. The summed E-state index contributed by atoms with van der Waals surface area (Å²) in [7, 11) is 0. The highest BCUT2D eigenvalue weighted by Crippen LogP contribution is 2.44. The first-order chi connectivity index (χ1) is 9.84. The molecule has 1 aliphatic heterocycles. The van der Waals surface area contributed by atoms with E-state index in [-0.39, 0.29) is 23.3 Å². The van der Waals surface area contributed by atoms with Crippen molar-refractivity contribution in [2.45, 2.75) is 46.6 Å². The highest BCUT2D eigenvalue weighted by molar-refractivity contribution is 6.10. The number of hydrogen-bond donors (Lipinski definition) is 1. The normalized spacial score (nSPS) is 28.9. The molecule has 1 N–H and O–H groups in total. The van der Waals surface area contributed by atoms with Crippen molar-refractivity contribution in [3.05, 3.63) is 35.4 Å². The maximum atomic E-state index is 12.4. The molecule has 1 saturated carbocycles. The molecule has 21 heavy (non-hydrogen) atoms. The minimum atomic E-state index is 0.0587. The number of rotatable bonds is 1. The van der Waals surface area contributed by atoms with Crippen LogP contribution in [0.3, 0.4) is 0 Å². The number of benzene rings is 1. The lowest BCUT2D eigenvalue weighted by Crippen LogP contribution is -2.44. The molecule has 3 nitrogen and oxygen atoms in total. The summed E-state index contributed by atoms with van der Waals surface area (Å²) >= 11 is 0. The van der Waals surface area contributed by atoms with E-state index < -0.39 is 0 Å². The second kappa shape index (κ2) is 4.97. The molecule has 3 rings (SSSR count). The van der Waals surface area contributed by atoms with E-state index in [1.165, 1.54) is 5.56 Å². The summed E-state index contributed by atoms with van der Waals surface area (Å²) < 4.78 is 0. The predicted molar refractivity (Wildman–Crippen MR) is 85.3 cm³/mol. The predicted octanol–water partition coefficient (Wildman–Crippen LogP) is 3.31. The molecule has 0 bridgehead atoms. The number of fused-ring (bicyclic) bond motifs is 1. The van der Waals surface area contributed by atoms with Gasteiger partial charge in [-0.1, -0.05) is 50.6 Å². The van der Waals surface area contributed by atoms with Crippen LogP contribution in [0.5, 0.6) is 0 Å². The second-order valence-electron chi connectivity index (χ2n) is 7.54. The van der Waals surface area contributed by atoms with Gasteiger partial charge in [0.15, 0.2) is 0 Å². The maximum Gasteiger partial charge on any atom is 0.230 e. The van der Waals surface area contributed by atoms with Gasteiger partial charge in [-0.15, -0.1) is 0 Å². The van der Waals surface area contributed by atoms with Gasteiger partial charge < -0.3 is 5.32 Å². The van der Waals surface area contributed by atoms with E-state index in [0.29, 0.717) is 5.92 Å². The van der Waals surface area contributed by atoms with Crippen LogP contribution in [0.4, 0.5) is 0 Å². The van der Waals surface area contributed by atoms with Gasteiger partial charge in [0, 0.05) is 5.56 Å². The molecular weight excluding hydrogens is 260 g/mol.